The molecule has 2 aromatic rings. The van der Waals surface area contributed by atoms with E-state index in [1.54, 1.807) is 12.1 Å². The Morgan fingerprint density at radius 3 is 2.45 bits per heavy atom. The molecular weight excluding hydrogens is 528 g/mol. The summed E-state index contributed by atoms with van der Waals surface area (Å²) in [4.78, 5) is 28.7. The number of nitrogens with zero attached hydrogens (tertiary/aromatic N) is 1. The van der Waals surface area contributed by atoms with Gasteiger partial charge in [-0.1, -0.05) is 55.1 Å². The van der Waals surface area contributed by atoms with Crippen LogP contribution in [0.1, 0.15) is 74.5 Å². The molecule has 0 spiro atoms. The van der Waals surface area contributed by atoms with Gasteiger partial charge in [-0.15, -0.1) is 0 Å². The van der Waals surface area contributed by atoms with E-state index < -0.39 is 5.41 Å². The number of benzene rings is 2. The number of hydrogen-bond donors (Lipinski definition) is 2. The lowest BCUT2D eigenvalue weighted by Crippen LogP contribution is -2.53. The molecule has 40 heavy (non-hydrogen) atoms. The molecule has 4 fully saturated rings. The number of aryl methyl sites for hydroxylation is 1. The smallest absolute Gasteiger partial charge is 0.316 e. The van der Waals surface area contributed by atoms with Crippen LogP contribution in [0.25, 0.3) is 0 Å². The fourth-order valence-electron chi connectivity index (χ4n) is 6.72. The number of piperidine rings is 3. The second-order valence-corrected chi connectivity index (χ2v) is 12.0. The van der Waals surface area contributed by atoms with Crippen molar-refractivity contribution in [3.8, 4) is 5.75 Å². The number of anilines is 1. The first kappa shape index (κ1) is 28.9. The van der Waals surface area contributed by atoms with Crippen molar-refractivity contribution in [3.63, 3.8) is 0 Å². The summed E-state index contributed by atoms with van der Waals surface area (Å²) in [7, 11) is 1.51. The second kappa shape index (κ2) is 12.9. The predicted octanol–water partition coefficient (Wildman–Crippen LogP) is 5.64. The normalized spacial score (nSPS) is 23.4. The minimum Gasteiger partial charge on any atom is -0.496 e. The Morgan fingerprint density at radius 2 is 1.82 bits per heavy atom. The SMILES string of the molecule is COc1cc(NC(=O)CCCc2ccc(C3(C(=O)O[C@H]4CN5CCC4CC5)CCCCC3)cc2)c(Cl)cc1CO. The highest BCUT2D eigenvalue weighted by molar-refractivity contribution is 6.33. The van der Waals surface area contributed by atoms with Crippen LogP contribution < -0.4 is 10.1 Å². The van der Waals surface area contributed by atoms with Gasteiger partial charge in [0.25, 0.3) is 0 Å². The maximum absolute atomic E-state index is 13.7. The molecule has 0 unspecified atom stereocenters. The molecule has 2 bridgehead atoms. The van der Waals surface area contributed by atoms with Crippen molar-refractivity contribution in [2.75, 3.05) is 32.1 Å². The number of carbonyl (C=O) groups is 2. The molecule has 7 nitrogen and oxygen atoms in total. The maximum atomic E-state index is 13.7. The summed E-state index contributed by atoms with van der Waals surface area (Å²) in [5, 5.41) is 12.6. The third kappa shape index (κ3) is 6.32. The van der Waals surface area contributed by atoms with Crippen molar-refractivity contribution >= 4 is 29.2 Å². The van der Waals surface area contributed by atoms with Gasteiger partial charge in [-0.2, -0.15) is 0 Å². The number of fused-ring (bicyclic) bond motifs is 3. The summed E-state index contributed by atoms with van der Waals surface area (Å²) in [6.07, 6.45) is 9.03. The van der Waals surface area contributed by atoms with Gasteiger partial charge in [0, 0.05) is 24.6 Å². The lowest BCUT2D eigenvalue weighted by atomic mass is 9.69. The number of nitrogens with one attached hydrogen (secondary N) is 1. The van der Waals surface area contributed by atoms with E-state index in [1.807, 2.05) is 0 Å². The fraction of sp³-hybridized carbons (Fsp3) is 0.562. The molecular formula is C32H41ClN2O5. The van der Waals surface area contributed by atoms with Gasteiger partial charge in [-0.25, -0.2) is 0 Å². The van der Waals surface area contributed by atoms with E-state index in [9.17, 15) is 14.7 Å². The number of hydrogen-bond acceptors (Lipinski definition) is 6. The minimum absolute atomic E-state index is 0.0299. The zero-order valence-electron chi connectivity index (χ0n) is 23.4. The van der Waals surface area contributed by atoms with Crippen LogP contribution in [0, 0.1) is 5.92 Å². The number of methoxy groups -OCH3 is 1. The van der Waals surface area contributed by atoms with E-state index in [-0.39, 0.29) is 24.6 Å². The Kier molecular flexibility index (Phi) is 9.34. The van der Waals surface area contributed by atoms with Gasteiger partial charge in [0.2, 0.25) is 5.91 Å². The van der Waals surface area contributed by atoms with Crippen LogP contribution in [0.5, 0.6) is 5.75 Å². The van der Waals surface area contributed by atoms with Gasteiger partial charge >= 0.3 is 5.97 Å². The standard InChI is InChI=1S/C32H41ClN2O5/c1-39-28-19-27(26(33)18-24(28)21-36)34-30(37)7-5-6-22-8-10-25(11-9-22)32(14-3-2-4-15-32)31(38)40-29-20-35-16-12-23(29)13-17-35/h8-11,18-19,23,29,36H,2-7,12-17,20-21H2,1H3,(H,34,37)/t29-/m0/s1. The van der Waals surface area contributed by atoms with Crippen LogP contribution in [0.2, 0.25) is 5.02 Å². The van der Waals surface area contributed by atoms with Crippen molar-refractivity contribution < 1.29 is 24.2 Å². The van der Waals surface area contributed by atoms with Crippen LogP contribution in [-0.2, 0) is 32.8 Å². The second-order valence-electron chi connectivity index (χ2n) is 11.6. The highest BCUT2D eigenvalue weighted by Gasteiger charge is 2.45. The van der Waals surface area contributed by atoms with Gasteiger partial charge in [-0.3, -0.25) is 14.5 Å². The first-order valence-electron chi connectivity index (χ1n) is 14.7. The largest absolute Gasteiger partial charge is 0.496 e. The number of amides is 1. The number of aliphatic hydroxyl groups excluding tert-OH is 1. The molecule has 216 valence electrons. The zero-order valence-corrected chi connectivity index (χ0v) is 24.2. The summed E-state index contributed by atoms with van der Waals surface area (Å²) >= 11 is 6.28. The third-order valence-electron chi connectivity index (χ3n) is 9.14. The lowest BCUT2D eigenvalue weighted by Gasteiger charge is -2.45. The molecule has 1 atom stereocenters. The predicted molar refractivity (Wildman–Crippen MR) is 156 cm³/mol. The molecule has 1 saturated carbocycles. The summed E-state index contributed by atoms with van der Waals surface area (Å²) < 4.78 is 11.6. The number of esters is 1. The first-order chi connectivity index (χ1) is 19.4. The monoisotopic (exact) mass is 568 g/mol. The Morgan fingerprint density at radius 1 is 1.10 bits per heavy atom. The molecule has 3 heterocycles. The Labute approximate surface area is 242 Å². The van der Waals surface area contributed by atoms with E-state index in [0.29, 0.717) is 40.8 Å². The highest BCUT2D eigenvalue weighted by Crippen LogP contribution is 2.42. The van der Waals surface area contributed by atoms with Crippen LogP contribution in [0.15, 0.2) is 36.4 Å². The van der Waals surface area contributed by atoms with E-state index in [0.717, 1.165) is 75.7 Å². The van der Waals surface area contributed by atoms with Gasteiger partial charge in [0.1, 0.15) is 11.9 Å². The maximum Gasteiger partial charge on any atom is 0.316 e. The van der Waals surface area contributed by atoms with Crippen LogP contribution in [0.3, 0.4) is 0 Å². The van der Waals surface area contributed by atoms with Crippen molar-refractivity contribution in [1.29, 1.82) is 0 Å². The van der Waals surface area contributed by atoms with E-state index in [2.05, 4.69) is 34.5 Å². The summed E-state index contributed by atoms with van der Waals surface area (Å²) in [5.74, 6) is 0.824. The molecule has 8 heteroatoms. The average Bonchev–Trinajstić information content (AvgIpc) is 2.99. The molecule has 1 amide bonds. The van der Waals surface area contributed by atoms with Gasteiger partial charge in [-0.05, 0) is 74.7 Å². The lowest BCUT2D eigenvalue weighted by molar-refractivity contribution is -0.167. The van der Waals surface area contributed by atoms with Crippen molar-refractivity contribution in [2.24, 2.45) is 5.92 Å². The molecule has 3 saturated heterocycles. The summed E-state index contributed by atoms with van der Waals surface area (Å²) in [5.41, 5.74) is 2.69. The van der Waals surface area contributed by atoms with E-state index in [1.165, 1.54) is 13.5 Å². The fourth-order valence-corrected chi connectivity index (χ4v) is 6.95. The molecule has 4 aliphatic rings. The van der Waals surface area contributed by atoms with Gasteiger partial charge < -0.3 is 19.9 Å². The van der Waals surface area contributed by atoms with Crippen molar-refractivity contribution in [1.82, 2.24) is 4.90 Å². The van der Waals surface area contributed by atoms with Crippen molar-refractivity contribution in [3.05, 3.63) is 58.1 Å². The average molecular weight is 569 g/mol. The Balaban J connectivity index is 1.17. The summed E-state index contributed by atoms with van der Waals surface area (Å²) in [6, 6.07) is 11.6. The van der Waals surface area contributed by atoms with E-state index in [4.69, 9.17) is 21.1 Å². The number of ether oxygens (including phenoxy) is 2. The molecule has 2 N–H and O–H groups in total. The van der Waals surface area contributed by atoms with Crippen LogP contribution in [-0.4, -0.2) is 54.7 Å². The zero-order chi connectivity index (χ0) is 28.1. The van der Waals surface area contributed by atoms with Crippen LogP contribution >= 0.6 is 11.6 Å². The van der Waals surface area contributed by atoms with Gasteiger partial charge in [0.05, 0.1) is 29.8 Å². The molecule has 6 rings (SSSR count). The Bertz CT molecular complexity index is 1190. The Hall–Kier alpha value is -2.61. The highest BCUT2D eigenvalue weighted by atomic mass is 35.5. The molecule has 1 aliphatic carbocycles. The van der Waals surface area contributed by atoms with Crippen molar-refractivity contribution in [2.45, 2.75) is 82.3 Å². The topological polar surface area (TPSA) is 88.1 Å². The third-order valence-corrected chi connectivity index (χ3v) is 9.46. The number of carbonyl (C=O) groups excluding carboxylic acids is 2. The number of rotatable bonds is 10. The first-order valence-corrected chi connectivity index (χ1v) is 15.1. The summed E-state index contributed by atoms with van der Waals surface area (Å²) in [6.45, 7) is 2.95. The van der Waals surface area contributed by atoms with Crippen LogP contribution in [0.4, 0.5) is 5.69 Å². The molecule has 2 aromatic carbocycles. The number of aliphatic hydroxyl groups is 1. The molecule has 0 aromatic heterocycles. The number of halogens is 1. The molecule has 3 aliphatic heterocycles. The molecule has 0 radical (unpaired) electrons. The minimum atomic E-state index is -0.547. The van der Waals surface area contributed by atoms with E-state index >= 15 is 0 Å². The quantitative estimate of drug-likeness (QED) is 0.361. The van der Waals surface area contributed by atoms with Gasteiger partial charge in [0.15, 0.2) is 0 Å².